The van der Waals surface area contributed by atoms with E-state index in [0.29, 0.717) is 41.3 Å². The van der Waals surface area contributed by atoms with Crippen molar-refractivity contribution in [3.63, 3.8) is 0 Å². The number of hydrogen-bond donors (Lipinski definition) is 2. The lowest BCUT2D eigenvalue weighted by atomic mass is 10.0. The molecule has 10 nitrogen and oxygen atoms in total. The summed E-state index contributed by atoms with van der Waals surface area (Å²) in [6.45, 7) is 5.46. The minimum Gasteiger partial charge on any atom is -0.489 e. The van der Waals surface area contributed by atoms with Crippen molar-refractivity contribution in [2.24, 2.45) is 0 Å². The molecule has 1 fully saturated rings. The van der Waals surface area contributed by atoms with Crippen molar-refractivity contribution >= 4 is 17.1 Å². The van der Waals surface area contributed by atoms with Crippen LogP contribution < -0.4 is 15.0 Å². The largest absolute Gasteiger partial charge is 0.489 e. The van der Waals surface area contributed by atoms with Gasteiger partial charge in [-0.2, -0.15) is 10.4 Å². The van der Waals surface area contributed by atoms with Crippen LogP contribution in [-0.4, -0.2) is 68.4 Å². The van der Waals surface area contributed by atoms with Crippen LogP contribution >= 0.6 is 0 Å². The van der Waals surface area contributed by atoms with Gasteiger partial charge in [-0.25, -0.2) is 9.50 Å². The van der Waals surface area contributed by atoms with Crippen molar-refractivity contribution in [2.75, 3.05) is 31.1 Å². The highest BCUT2D eigenvalue weighted by atomic mass is 16.5. The molecule has 0 aromatic carbocycles. The van der Waals surface area contributed by atoms with Gasteiger partial charge >= 0.3 is 0 Å². The van der Waals surface area contributed by atoms with Crippen LogP contribution in [0.25, 0.3) is 16.6 Å². The highest BCUT2D eigenvalue weighted by molar-refractivity contribution is 6.02. The highest BCUT2D eigenvalue weighted by Crippen LogP contribution is 2.32. The average Bonchev–Trinajstić information content (AvgIpc) is 3.19. The Morgan fingerprint density at radius 3 is 2.79 bits per heavy atom. The van der Waals surface area contributed by atoms with Crippen molar-refractivity contribution in [3.05, 3.63) is 72.4 Å². The second kappa shape index (κ2) is 10.6. The van der Waals surface area contributed by atoms with Crippen molar-refractivity contribution < 1.29 is 14.6 Å². The van der Waals surface area contributed by atoms with E-state index < -0.39 is 11.6 Å². The molecule has 1 unspecified atom stereocenters. The predicted molar refractivity (Wildman–Crippen MR) is 142 cm³/mol. The molecule has 0 saturated carbocycles. The molecular weight excluding hydrogens is 482 g/mol. The second-order valence-corrected chi connectivity index (χ2v) is 9.93. The molecule has 2 N–H and O–H groups in total. The maximum atomic E-state index is 13.4. The van der Waals surface area contributed by atoms with Gasteiger partial charge in [0.15, 0.2) is 5.78 Å². The molecule has 0 spiro atoms. The Balaban J connectivity index is 1.50. The van der Waals surface area contributed by atoms with Crippen LogP contribution in [0.3, 0.4) is 0 Å². The zero-order chi connectivity index (χ0) is 26.7. The number of hydrogen-bond acceptors (Lipinski definition) is 9. The van der Waals surface area contributed by atoms with Crippen LogP contribution in [0, 0.1) is 11.3 Å². The van der Waals surface area contributed by atoms with E-state index in [0.717, 1.165) is 24.1 Å². The number of anilines is 1. The first-order valence-corrected chi connectivity index (χ1v) is 12.5. The van der Waals surface area contributed by atoms with Gasteiger partial charge < -0.3 is 20.1 Å². The smallest absolute Gasteiger partial charge is 0.186 e. The molecule has 1 aliphatic heterocycles. The number of ketones is 1. The molecule has 0 aliphatic carbocycles. The summed E-state index contributed by atoms with van der Waals surface area (Å²) in [7, 11) is 0. The number of pyridine rings is 3. The van der Waals surface area contributed by atoms with Gasteiger partial charge in [-0.05, 0) is 57.1 Å². The number of Topliss-reactive ketones (excluding diaryl/α,β-unsaturated/α-hetero) is 1. The number of carbonyl (C=O) groups excluding carboxylic acids is 1. The maximum absolute atomic E-state index is 13.4. The minimum absolute atomic E-state index is 0.0176. The SMILES string of the molecule is CC(C)(O)COc1cc(-c2ccc(N3CCCNCC3C(=O)c3ccncc3)nc2)c2c(C#N)cnn2c1. The Morgan fingerprint density at radius 1 is 1.26 bits per heavy atom. The number of ether oxygens (including phenoxy) is 1. The van der Waals surface area contributed by atoms with Gasteiger partial charge in [0.1, 0.15) is 30.3 Å². The second-order valence-electron chi connectivity index (χ2n) is 9.93. The van der Waals surface area contributed by atoms with Crippen LogP contribution in [-0.2, 0) is 0 Å². The summed E-state index contributed by atoms with van der Waals surface area (Å²) in [5.41, 5.74) is 2.18. The molecule has 4 aromatic heterocycles. The lowest BCUT2D eigenvalue weighted by molar-refractivity contribution is 0.0283. The van der Waals surface area contributed by atoms with Gasteiger partial charge in [-0.15, -0.1) is 0 Å². The number of rotatable bonds is 7. The first kappa shape index (κ1) is 25.3. The third kappa shape index (κ3) is 5.34. The van der Waals surface area contributed by atoms with E-state index in [1.54, 1.807) is 55.3 Å². The molecule has 4 aromatic rings. The summed E-state index contributed by atoms with van der Waals surface area (Å²) >= 11 is 0. The lowest BCUT2D eigenvalue weighted by Crippen LogP contribution is -2.46. The normalized spacial score (nSPS) is 16.2. The van der Waals surface area contributed by atoms with E-state index in [1.807, 2.05) is 23.1 Å². The highest BCUT2D eigenvalue weighted by Gasteiger charge is 2.29. The fourth-order valence-corrected chi connectivity index (χ4v) is 4.55. The molecule has 0 bridgehead atoms. The molecule has 1 saturated heterocycles. The fraction of sp³-hybridized carbons (Fsp3) is 0.321. The molecule has 5 heterocycles. The van der Waals surface area contributed by atoms with Gasteiger partial charge in [0, 0.05) is 48.4 Å². The number of carbonyl (C=O) groups is 1. The average molecular weight is 512 g/mol. The standard InChI is InChI=1S/C28H29N7O3/c1-28(2,37)18-38-22-12-23(26-21(13-29)15-33-35(26)17-22)20-4-5-25(32-14-20)34-11-3-8-31-16-24(34)27(36)19-6-9-30-10-7-19/h4-7,9-10,12,14-15,17,24,31,37H,3,8,11,16,18H2,1-2H3. The molecule has 10 heteroatoms. The van der Waals surface area contributed by atoms with E-state index >= 15 is 0 Å². The Bertz CT molecular complexity index is 1470. The minimum atomic E-state index is -1.01. The summed E-state index contributed by atoms with van der Waals surface area (Å²) in [6.07, 6.45) is 9.07. The summed E-state index contributed by atoms with van der Waals surface area (Å²) in [4.78, 5) is 24.2. The Kier molecular flexibility index (Phi) is 7.05. The summed E-state index contributed by atoms with van der Waals surface area (Å²) < 4.78 is 7.43. The summed E-state index contributed by atoms with van der Waals surface area (Å²) in [5, 5.41) is 27.4. The molecule has 194 valence electrons. The van der Waals surface area contributed by atoms with Crippen LogP contribution in [0.4, 0.5) is 5.82 Å². The molecule has 38 heavy (non-hydrogen) atoms. The Morgan fingerprint density at radius 2 is 2.08 bits per heavy atom. The van der Waals surface area contributed by atoms with E-state index in [4.69, 9.17) is 9.72 Å². The van der Waals surface area contributed by atoms with Crippen molar-refractivity contribution in [2.45, 2.75) is 31.9 Å². The molecule has 1 atom stereocenters. The van der Waals surface area contributed by atoms with Crippen LogP contribution in [0.2, 0.25) is 0 Å². The number of nitrogens with zero attached hydrogens (tertiary/aromatic N) is 6. The van der Waals surface area contributed by atoms with E-state index in [1.165, 1.54) is 6.20 Å². The molecular formula is C28H29N7O3. The monoisotopic (exact) mass is 511 g/mol. The van der Waals surface area contributed by atoms with Gasteiger partial charge in [-0.1, -0.05) is 0 Å². The van der Waals surface area contributed by atoms with Crippen LogP contribution in [0.5, 0.6) is 5.75 Å². The Labute approximate surface area is 220 Å². The predicted octanol–water partition coefficient (Wildman–Crippen LogP) is 2.86. The molecule has 0 radical (unpaired) electrons. The van der Waals surface area contributed by atoms with Crippen molar-refractivity contribution in [1.82, 2.24) is 24.9 Å². The van der Waals surface area contributed by atoms with Crippen molar-refractivity contribution in [3.8, 4) is 22.9 Å². The topological polar surface area (TPSA) is 129 Å². The lowest BCUT2D eigenvalue weighted by Gasteiger charge is -2.30. The number of fused-ring (bicyclic) bond motifs is 1. The van der Waals surface area contributed by atoms with E-state index in [2.05, 4.69) is 21.5 Å². The molecule has 1 aliphatic rings. The van der Waals surface area contributed by atoms with E-state index in [9.17, 15) is 15.2 Å². The quantitative estimate of drug-likeness (QED) is 0.360. The maximum Gasteiger partial charge on any atom is 0.186 e. The van der Waals surface area contributed by atoms with Crippen LogP contribution in [0.15, 0.2) is 61.3 Å². The summed E-state index contributed by atoms with van der Waals surface area (Å²) in [5.74, 6) is 1.22. The third-order valence-electron chi connectivity index (χ3n) is 6.39. The van der Waals surface area contributed by atoms with Crippen molar-refractivity contribution in [1.29, 1.82) is 5.26 Å². The number of nitriles is 1. The third-order valence-corrected chi connectivity index (χ3v) is 6.39. The Hall–Kier alpha value is -4.33. The van der Waals surface area contributed by atoms with Gasteiger partial charge in [0.2, 0.25) is 0 Å². The van der Waals surface area contributed by atoms with Gasteiger partial charge in [0.25, 0.3) is 0 Å². The molecule has 0 amide bonds. The zero-order valence-corrected chi connectivity index (χ0v) is 21.3. The van der Waals surface area contributed by atoms with Gasteiger partial charge in [-0.3, -0.25) is 9.78 Å². The number of aromatic nitrogens is 4. The number of nitrogens with one attached hydrogen (secondary N) is 1. The fourth-order valence-electron chi connectivity index (χ4n) is 4.55. The first-order chi connectivity index (χ1) is 18.3. The van der Waals surface area contributed by atoms with E-state index in [-0.39, 0.29) is 12.4 Å². The number of aliphatic hydroxyl groups is 1. The van der Waals surface area contributed by atoms with Gasteiger partial charge in [0.05, 0.1) is 29.1 Å². The van der Waals surface area contributed by atoms with Crippen LogP contribution in [0.1, 0.15) is 36.2 Å². The zero-order valence-electron chi connectivity index (χ0n) is 21.3. The first-order valence-electron chi connectivity index (χ1n) is 12.5. The summed E-state index contributed by atoms with van der Waals surface area (Å²) in [6, 6.07) is 10.9. The molecule has 5 rings (SSSR count).